The molecule has 2 rings (SSSR count). The van der Waals surface area contributed by atoms with Crippen molar-refractivity contribution in [2.75, 3.05) is 0 Å². The number of unbranched alkanes of at least 4 members (excludes halogenated alkanes) is 1. The molecule has 0 heterocycles. The fourth-order valence-corrected chi connectivity index (χ4v) is 4.47. The number of rotatable bonds is 13. The molecule has 31 heavy (non-hydrogen) atoms. The molecule has 1 aromatic carbocycles. The van der Waals surface area contributed by atoms with Crippen molar-refractivity contribution in [3.05, 3.63) is 48.0 Å². The van der Waals surface area contributed by atoms with E-state index in [9.17, 15) is 20.1 Å². The molecule has 1 fully saturated rings. The molecular weight excluding hydrogens is 392 g/mol. The second-order valence-electron chi connectivity index (χ2n) is 9.09. The number of aryl methyl sites for hydroxylation is 1. The highest BCUT2D eigenvalue weighted by Crippen LogP contribution is 2.38. The molecule has 0 radical (unpaired) electrons. The Morgan fingerprint density at radius 1 is 1.10 bits per heavy atom. The van der Waals surface area contributed by atoms with E-state index in [0.29, 0.717) is 38.5 Å². The van der Waals surface area contributed by atoms with Gasteiger partial charge in [-0.1, -0.05) is 42.5 Å². The molecule has 5 atom stereocenters. The topological polar surface area (TPSA) is 87.0 Å². The van der Waals surface area contributed by atoms with Gasteiger partial charge in [-0.2, -0.15) is 0 Å². The summed E-state index contributed by atoms with van der Waals surface area (Å²) in [5.41, 5.74) is 1.22. The molecule has 0 saturated heterocycles. The molecule has 1 saturated carbocycles. The molecule has 1 aliphatic rings. The number of hydrogen-bond donors (Lipinski definition) is 3. The Labute approximate surface area is 187 Å². The van der Waals surface area contributed by atoms with E-state index in [2.05, 4.69) is 18.2 Å². The third-order valence-electron chi connectivity index (χ3n) is 6.16. The monoisotopic (exact) mass is 432 g/mol. The van der Waals surface area contributed by atoms with Crippen LogP contribution in [0.15, 0.2) is 42.5 Å². The van der Waals surface area contributed by atoms with E-state index in [0.717, 1.165) is 19.3 Å². The maximum Gasteiger partial charge on any atom is 0.306 e. The third-order valence-corrected chi connectivity index (χ3v) is 6.16. The van der Waals surface area contributed by atoms with Gasteiger partial charge in [0.15, 0.2) is 0 Å². The van der Waals surface area contributed by atoms with Gasteiger partial charge in [-0.3, -0.25) is 4.79 Å². The van der Waals surface area contributed by atoms with Crippen LogP contribution in [0.5, 0.6) is 0 Å². The van der Waals surface area contributed by atoms with E-state index in [1.807, 2.05) is 38.1 Å². The molecule has 5 heteroatoms. The molecule has 0 amide bonds. The number of benzene rings is 1. The van der Waals surface area contributed by atoms with Gasteiger partial charge in [0, 0.05) is 6.42 Å². The van der Waals surface area contributed by atoms with E-state index in [-0.39, 0.29) is 23.9 Å². The largest absolute Gasteiger partial charge is 0.463 e. The summed E-state index contributed by atoms with van der Waals surface area (Å²) in [6.07, 6.45) is 8.58. The van der Waals surface area contributed by atoms with E-state index >= 15 is 0 Å². The first-order valence-corrected chi connectivity index (χ1v) is 11.8. The van der Waals surface area contributed by atoms with Crippen LogP contribution in [0.4, 0.5) is 0 Å². The van der Waals surface area contributed by atoms with E-state index in [4.69, 9.17) is 4.74 Å². The minimum absolute atomic E-state index is 0.00652. The van der Waals surface area contributed by atoms with Crippen molar-refractivity contribution in [1.82, 2.24) is 0 Å². The molecule has 0 aliphatic heterocycles. The SMILES string of the molecule is CC(C)OC(=O)CCCC=CCC1C(O)CC(O)[C@@H]1CC[C@H](O)CCc1ccccc1. The van der Waals surface area contributed by atoms with Crippen molar-refractivity contribution in [3.8, 4) is 0 Å². The van der Waals surface area contributed by atoms with Gasteiger partial charge in [0.1, 0.15) is 0 Å². The van der Waals surface area contributed by atoms with Gasteiger partial charge in [-0.05, 0) is 82.6 Å². The van der Waals surface area contributed by atoms with Crippen molar-refractivity contribution in [1.29, 1.82) is 0 Å². The van der Waals surface area contributed by atoms with Gasteiger partial charge >= 0.3 is 5.97 Å². The second kappa shape index (κ2) is 13.7. The zero-order valence-corrected chi connectivity index (χ0v) is 19.0. The highest BCUT2D eigenvalue weighted by atomic mass is 16.5. The molecule has 0 bridgehead atoms. The van der Waals surface area contributed by atoms with E-state index < -0.39 is 18.3 Å². The molecule has 0 aromatic heterocycles. The third kappa shape index (κ3) is 9.55. The number of aliphatic hydroxyl groups excluding tert-OH is 3. The molecular formula is C26H40O5. The smallest absolute Gasteiger partial charge is 0.306 e. The lowest BCUT2D eigenvalue weighted by Gasteiger charge is -2.23. The Morgan fingerprint density at radius 3 is 2.52 bits per heavy atom. The first-order valence-electron chi connectivity index (χ1n) is 11.8. The normalized spacial score (nSPS) is 24.7. The van der Waals surface area contributed by atoms with Crippen molar-refractivity contribution < 1.29 is 24.9 Å². The van der Waals surface area contributed by atoms with Crippen LogP contribution >= 0.6 is 0 Å². The van der Waals surface area contributed by atoms with Crippen LogP contribution < -0.4 is 0 Å². The van der Waals surface area contributed by atoms with E-state index in [1.54, 1.807) is 0 Å². The number of carbonyl (C=O) groups excluding carboxylic acids is 1. The zero-order chi connectivity index (χ0) is 22.6. The number of carbonyl (C=O) groups is 1. The predicted molar refractivity (Wildman–Crippen MR) is 122 cm³/mol. The lowest BCUT2D eigenvalue weighted by molar-refractivity contribution is -0.147. The van der Waals surface area contributed by atoms with Crippen molar-refractivity contribution in [3.63, 3.8) is 0 Å². The number of allylic oxidation sites excluding steroid dienone is 2. The van der Waals surface area contributed by atoms with Gasteiger partial charge in [-0.15, -0.1) is 0 Å². The Kier molecular flexibility index (Phi) is 11.3. The van der Waals surface area contributed by atoms with Crippen LogP contribution in [0, 0.1) is 11.8 Å². The Morgan fingerprint density at radius 2 is 1.81 bits per heavy atom. The van der Waals surface area contributed by atoms with Gasteiger partial charge < -0.3 is 20.1 Å². The Bertz CT molecular complexity index is 657. The highest BCUT2D eigenvalue weighted by molar-refractivity contribution is 5.69. The van der Waals surface area contributed by atoms with Crippen LogP contribution in [0.3, 0.4) is 0 Å². The average Bonchev–Trinajstić information content (AvgIpc) is 3.00. The van der Waals surface area contributed by atoms with Crippen LogP contribution in [0.25, 0.3) is 0 Å². The van der Waals surface area contributed by atoms with Crippen LogP contribution in [0.1, 0.15) is 70.8 Å². The average molecular weight is 433 g/mol. The summed E-state index contributed by atoms with van der Waals surface area (Å²) >= 11 is 0. The Hall–Kier alpha value is -1.69. The van der Waals surface area contributed by atoms with Gasteiger partial charge in [0.25, 0.3) is 0 Å². The minimum atomic E-state index is -0.513. The summed E-state index contributed by atoms with van der Waals surface area (Å²) in [5, 5.41) is 31.2. The summed E-state index contributed by atoms with van der Waals surface area (Å²) < 4.78 is 5.12. The summed E-state index contributed by atoms with van der Waals surface area (Å²) in [7, 11) is 0. The van der Waals surface area contributed by atoms with Crippen LogP contribution in [-0.4, -0.2) is 45.7 Å². The molecule has 1 aromatic rings. The van der Waals surface area contributed by atoms with Crippen LogP contribution in [-0.2, 0) is 16.0 Å². The first-order chi connectivity index (χ1) is 14.9. The summed E-state index contributed by atoms with van der Waals surface area (Å²) in [6, 6.07) is 10.1. The van der Waals surface area contributed by atoms with E-state index in [1.165, 1.54) is 5.56 Å². The van der Waals surface area contributed by atoms with Gasteiger partial charge in [0.2, 0.25) is 0 Å². The number of ether oxygens (including phenoxy) is 1. The van der Waals surface area contributed by atoms with Crippen molar-refractivity contribution >= 4 is 5.97 Å². The summed E-state index contributed by atoms with van der Waals surface area (Å²) in [4.78, 5) is 11.5. The quantitative estimate of drug-likeness (QED) is 0.247. The Balaban J connectivity index is 1.70. The molecule has 1 aliphatic carbocycles. The zero-order valence-electron chi connectivity index (χ0n) is 19.0. The second-order valence-corrected chi connectivity index (χ2v) is 9.09. The first kappa shape index (κ1) is 25.6. The predicted octanol–water partition coefficient (Wildman–Crippen LogP) is 4.19. The van der Waals surface area contributed by atoms with Gasteiger partial charge in [-0.25, -0.2) is 0 Å². The van der Waals surface area contributed by atoms with Gasteiger partial charge in [0.05, 0.1) is 24.4 Å². The lowest BCUT2D eigenvalue weighted by atomic mass is 9.85. The lowest BCUT2D eigenvalue weighted by Crippen LogP contribution is -2.23. The van der Waals surface area contributed by atoms with Crippen molar-refractivity contribution in [2.24, 2.45) is 11.8 Å². The number of hydrogen-bond acceptors (Lipinski definition) is 5. The standard InChI is InChI=1S/C26H40O5/c1-19(2)31-26(30)13-9-4-3-8-12-22-23(25(29)18-24(22)28)17-16-21(27)15-14-20-10-6-5-7-11-20/h3,5-8,10-11,19,21-25,27-29H,4,9,12-18H2,1-2H3/t21-,22?,23-,24?,25?/m1/s1. The van der Waals surface area contributed by atoms with Crippen LogP contribution in [0.2, 0.25) is 0 Å². The maximum atomic E-state index is 11.5. The highest BCUT2D eigenvalue weighted by Gasteiger charge is 2.40. The minimum Gasteiger partial charge on any atom is -0.463 e. The number of aliphatic hydroxyl groups is 3. The molecule has 174 valence electrons. The molecule has 0 spiro atoms. The molecule has 3 unspecified atom stereocenters. The molecule has 5 nitrogen and oxygen atoms in total. The molecule has 3 N–H and O–H groups in total. The summed E-state index contributed by atoms with van der Waals surface area (Å²) in [5.74, 6) is -0.144. The fourth-order valence-electron chi connectivity index (χ4n) is 4.47. The number of esters is 1. The summed E-state index contributed by atoms with van der Waals surface area (Å²) in [6.45, 7) is 3.69. The van der Waals surface area contributed by atoms with Crippen molar-refractivity contribution in [2.45, 2.75) is 96.1 Å². The fraction of sp³-hybridized carbons (Fsp3) is 0.654. The maximum absolute atomic E-state index is 11.5.